The molecule has 0 aromatic carbocycles. The van der Waals surface area contributed by atoms with E-state index in [1.165, 1.54) is 24.2 Å². The van der Waals surface area contributed by atoms with Crippen molar-refractivity contribution in [3.63, 3.8) is 0 Å². The predicted octanol–water partition coefficient (Wildman–Crippen LogP) is 4.81. The molecule has 98 valence electrons. The van der Waals surface area contributed by atoms with E-state index >= 15 is 0 Å². The first-order chi connectivity index (χ1) is 8.76. The summed E-state index contributed by atoms with van der Waals surface area (Å²) < 4.78 is 0. The fourth-order valence-electron chi connectivity index (χ4n) is 2.26. The van der Waals surface area contributed by atoms with E-state index in [4.69, 9.17) is 11.6 Å². The Labute approximate surface area is 117 Å². The van der Waals surface area contributed by atoms with E-state index in [0.717, 1.165) is 35.3 Å². The van der Waals surface area contributed by atoms with Gasteiger partial charge in [0.25, 0.3) is 0 Å². The summed E-state index contributed by atoms with van der Waals surface area (Å²) >= 11 is 7.54. The predicted molar refractivity (Wildman–Crippen MR) is 77.4 cm³/mol. The minimum atomic E-state index is 0.347. The lowest BCUT2D eigenvalue weighted by Gasteiger charge is -2.15. The molecule has 1 unspecified atom stereocenters. The summed E-state index contributed by atoms with van der Waals surface area (Å²) in [7, 11) is 0. The van der Waals surface area contributed by atoms with E-state index < -0.39 is 0 Å². The number of thiazole rings is 1. The van der Waals surface area contributed by atoms with Crippen molar-refractivity contribution in [2.24, 2.45) is 0 Å². The molecule has 2 rings (SSSR count). The average Bonchev–Trinajstić information content (AvgIpc) is 2.81. The summed E-state index contributed by atoms with van der Waals surface area (Å²) in [5.41, 5.74) is 3.81. The molecule has 0 N–H and O–H groups in total. The minimum Gasteiger partial charge on any atom is -0.241 e. The first-order valence-corrected chi connectivity index (χ1v) is 7.78. The number of nitrogens with zero attached hydrogens (tertiary/aromatic N) is 3. The van der Waals surface area contributed by atoms with Crippen molar-refractivity contribution in [1.82, 2.24) is 15.0 Å². The van der Waals surface area contributed by atoms with Crippen LogP contribution in [0.25, 0.3) is 10.3 Å². The molecule has 1 atom stereocenters. The molecule has 0 aliphatic rings. The highest BCUT2D eigenvalue weighted by atomic mass is 35.5. The topological polar surface area (TPSA) is 38.7 Å². The molecule has 0 amide bonds. The second-order valence-corrected chi connectivity index (χ2v) is 5.68. The number of hydrogen-bond acceptors (Lipinski definition) is 4. The zero-order valence-corrected chi connectivity index (χ0v) is 12.4. The maximum absolute atomic E-state index is 6.02. The molecule has 0 saturated carbocycles. The van der Waals surface area contributed by atoms with Gasteiger partial charge in [-0.1, -0.05) is 33.1 Å². The summed E-state index contributed by atoms with van der Waals surface area (Å²) in [5.74, 6) is 0.458. The molecule has 2 aromatic heterocycles. The lowest BCUT2D eigenvalue weighted by molar-refractivity contribution is 0.532. The monoisotopic (exact) mass is 283 g/mol. The molecule has 0 spiro atoms. The van der Waals surface area contributed by atoms with Crippen molar-refractivity contribution in [3.8, 4) is 0 Å². The van der Waals surface area contributed by atoms with Gasteiger partial charge >= 0.3 is 0 Å². The fourth-order valence-corrected chi connectivity index (χ4v) is 3.15. The molecular weight excluding hydrogens is 266 g/mol. The van der Waals surface area contributed by atoms with Crippen molar-refractivity contribution in [2.45, 2.75) is 51.9 Å². The van der Waals surface area contributed by atoms with Crippen LogP contribution in [0.3, 0.4) is 0 Å². The van der Waals surface area contributed by atoms with Gasteiger partial charge in [-0.3, -0.25) is 0 Å². The molecule has 2 aromatic rings. The third-order valence-electron chi connectivity index (χ3n) is 3.13. The highest BCUT2D eigenvalue weighted by Gasteiger charge is 2.18. The smallest absolute Gasteiger partial charge is 0.224 e. The second kappa shape index (κ2) is 6.43. The van der Waals surface area contributed by atoms with Crippen LogP contribution in [-0.4, -0.2) is 15.0 Å². The molecule has 0 saturated heterocycles. The van der Waals surface area contributed by atoms with Crippen molar-refractivity contribution in [1.29, 1.82) is 0 Å². The van der Waals surface area contributed by atoms with Crippen LogP contribution in [0.15, 0.2) is 5.51 Å². The van der Waals surface area contributed by atoms with Gasteiger partial charge in [0.15, 0.2) is 0 Å². The Morgan fingerprint density at radius 3 is 2.78 bits per heavy atom. The number of hydrogen-bond donors (Lipinski definition) is 0. The number of fused-ring (bicyclic) bond motifs is 1. The summed E-state index contributed by atoms with van der Waals surface area (Å²) in [6, 6.07) is 0. The van der Waals surface area contributed by atoms with E-state index in [-0.39, 0.29) is 0 Å². The second-order valence-electron chi connectivity index (χ2n) is 4.51. The van der Waals surface area contributed by atoms with Gasteiger partial charge in [-0.15, -0.1) is 11.3 Å². The molecule has 0 aliphatic heterocycles. The van der Waals surface area contributed by atoms with Gasteiger partial charge in [0.2, 0.25) is 5.28 Å². The Bertz CT molecular complexity index is 512. The Hall–Kier alpha value is -0.740. The highest BCUT2D eigenvalue weighted by molar-refractivity contribution is 7.16. The Kier molecular flexibility index (Phi) is 4.89. The van der Waals surface area contributed by atoms with Crippen molar-refractivity contribution >= 4 is 33.3 Å². The molecule has 0 radical (unpaired) electrons. The molecule has 0 bridgehead atoms. The Morgan fingerprint density at radius 2 is 2.06 bits per heavy atom. The Balaban J connectivity index is 2.38. The molecular formula is C13H18ClN3S. The van der Waals surface area contributed by atoms with Gasteiger partial charge in [0, 0.05) is 5.92 Å². The molecule has 18 heavy (non-hydrogen) atoms. The van der Waals surface area contributed by atoms with Gasteiger partial charge < -0.3 is 0 Å². The first kappa shape index (κ1) is 13.7. The van der Waals surface area contributed by atoms with E-state index in [9.17, 15) is 0 Å². The van der Waals surface area contributed by atoms with Gasteiger partial charge in [-0.2, -0.15) is 0 Å². The summed E-state index contributed by atoms with van der Waals surface area (Å²) in [4.78, 5) is 14.0. The quantitative estimate of drug-likeness (QED) is 0.714. The maximum Gasteiger partial charge on any atom is 0.224 e. The van der Waals surface area contributed by atoms with Crippen LogP contribution in [-0.2, 0) is 0 Å². The van der Waals surface area contributed by atoms with Crippen LogP contribution >= 0.6 is 22.9 Å². The van der Waals surface area contributed by atoms with Crippen LogP contribution in [0.2, 0.25) is 5.28 Å². The van der Waals surface area contributed by atoms with Crippen LogP contribution < -0.4 is 0 Å². The van der Waals surface area contributed by atoms with Gasteiger partial charge in [-0.25, -0.2) is 15.0 Å². The van der Waals surface area contributed by atoms with Gasteiger partial charge in [0.1, 0.15) is 10.3 Å². The summed E-state index contributed by atoms with van der Waals surface area (Å²) in [6.07, 6.45) is 5.88. The van der Waals surface area contributed by atoms with E-state index in [1.807, 2.05) is 5.51 Å². The van der Waals surface area contributed by atoms with E-state index in [1.54, 1.807) is 0 Å². The van der Waals surface area contributed by atoms with Crippen molar-refractivity contribution in [3.05, 3.63) is 16.5 Å². The molecule has 0 fully saturated rings. The van der Waals surface area contributed by atoms with E-state index in [0.29, 0.717) is 11.2 Å². The van der Waals surface area contributed by atoms with Crippen LogP contribution in [0.1, 0.15) is 57.6 Å². The van der Waals surface area contributed by atoms with Crippen LogP contribution in [0.4, 0.5) is 0 Å². The van der Waals surface area contributed by atoms with Crippen LogP contribution in [0.5, 0.6) is 0 Å². The zero-order chi connectivity index (χ0) is 13.0. The highest BCUT2D eigenvalue weighted by Crippen LogP contribution is 2.31. The average molecular weight is 284 g/mol. The number of aromatic nitrogens is 3. The van der Waals surface area contributed by atoms with Gasteiger partial charge in [0.05, 0.1) is 11.2 Å². The van der Waals surface area contributed by atoms with Crippen molar-refractivity contribution in [2.75, 3.05) is 0 Å². The van der Waals surface area contributed by atoms with Crippen LogP contribution in [0, 0.1) is 0 Å². The maximum atomic E-state index is 6.02. The summed E-state index contributed by atoms with van der Waals surface area (Å²) in [6.45, 7) is 4.42. The molecule has 0 aliphatic carbocycles. The zero-order valence-electron chi connectivity index (χ0n) is 10.8. The third-order valence-corrected chi connectivity index (χ3v) is 4.02. The molecule has 5 heteroatoms. The van der Waals surface area contributed by atoms with E-state index in [2.05, 4.69) is 28.8 Å². The third kappa shape index (κ3) is 2.98. The minimum absolute atomic E-state index is 0.347. The largest absolute Gasteiger partial charge is 0.241 e. The summed E-state index contributed by atoms with van der Waals surface area (Å²) in [5, 5.41) is 0.347. The normalized spacial score (nSPS) is 13.1. The lowest BCUT2D eigenvalue weighted by atomic mass is 9.93. The molecule has 3 nitrogen and oxygen atoms in total. The molecule has 2 heterocycles. The number of halogens is 1. The fraction of sp³-hybridized carbons (Fsp3) is 0.615. The van der Waals surface area contributed by atoms with Crippen molar-refractivity contribution < 1.29 is 0 Å². The Morgan fingerprint density at radius 1 is 1.22 bits per heavy atom. The number of unbranched alkanes of at least 4 members (excludes halogenated alkanes) is 1. The first-order valence-electron chi connectivity index (χ1n) is 6.52. The SMILES string of the molecule is CCCCC(CCC)c1nc(Cl)nc2scnc12. The van der Waals surface area contributed by atoms with Gasteiger partial charge in [-0.05, 0) is 24.4 Å². The number of rotatable bonds is 6. The standard InChI is InChI=1S/C13H18ClN3S/c1-3-5-7-9(6-4-2)10-11-12(18-8-15-11)17-13(14)16-10/h8-9H,3-7H2,1-2H3. The lowest BCUT2D eigenvalue weighted by Crippen LogP contribution is -2.04.